The van der Waals surface area contributed by atoms with Crippen molar-refractivity contribution in [3.05, 3.63) is 34.6 Å². The van der Waals surface area contributed by atoms with E-state index in [1.165, 1.54) is 25.3 Å². The first-order chi connectivity index (χ1) is 7.70. The molecule has 1 aromatic carbocycles. The molecule has 1 nitrogen and oxygen atoms in total. The van der Waals surface area contributed by atoms with Gasteiger partial charge in [0.15, 0.2) is 0 Å². The van der Waals surface area contributed by atoms with Crippen LogP contribution in [0, 0.1) is 11.7 Å². The zero-order valence-electron chi connectivity index (χ0n) is 9.47. The molecular weight excluding hydrogens is 225 g/mol. The smallest absolute Gasteiger partial charge is 0.129 e. The second kappa shape index (κ2) is 5.15. The molecule has 0 saturated heterocycles. The predicted molar refractivity (Wildman–Crippen MR) is 65.1 cm³/mol. The molecule has 3 heteroatoms. The number of rotatable bonds is 5. The Morgan fingerprint density at radius 1 is 1.50 bits per heavy atom. The second-order valence-electron chi connectivity index (χ2n) is 4.51. The van der Waals surface area contributed by atoms with Crippen molar-refractivity contribution >= 4 is 11.6 Å². The molecule has 0 spiro atoms. The van der Waals surface area contributed by atoms with Crippen molar-refractivity contribution < 1.29 is 4.39 Å². The molecule has 0 bridgehead atoms. The van der Waals surface area contributed by atoms with Gasteiger partial charge < -0.3 is 5.32 Å². The molecule has 1 aliphatic carbocycles. The zero-order chi connectivity index (χ0) is 11.5. The Bertz CT molecular complexity index is 367. The molecule has 2 atom stereocenters. The summed E-state index contributed by atoms with van der Waals surface area (Å²) in [7, 11) is 0. The topological polar surface area (TPSA) is 12.0 Å². The van der Waals surface area contributed by atoms with Crippen molar-refractivity contribution in [3.63, 3.8) is 0 Å². The number of benzene rings is 1. The summed E-state index contributed by atoms with van der Waals surface area (Å²) < 4.78 is 13.4. The van der Waals surface area contributed by atoms with E-state index in [-0.39, 0.29) is 5.82 Å². The summed E-state index contributed by atoms with van der Waals surface area (Å²) in [6.07, 6.45) is 3.75. The van der Waals surface area contributed by atoms with Crippen LogP contribution in [0.2, 0.25) is 5.02 Å². The summed E-state index contributed by atoms with van der Waals surface area (Å²) in [5.41, 5.74) is 0.701. The molecule has 0 heterocycles. The van der Waals surface area contributed by atoms with Crippen molar-refractivity contribution in [1.82, 2.24) is 5.32 Å². The molecule has 1 aromatic rings. The molecule has 1 aliphatic rings. The van der Waals surface area contributed by atoms with Gasteiger partial charge in [-0.2, -0.15) is 0 Å². The summed E-state index contributed by atoms with van der Waals surface area (Å²) in [6, 6.07) is 5.45. The van der Waals surface area contributed by atoms with E-state index in [4.69, 9.17) is 11.6 Å². The molecular formula is C13H17ClFN. The van der Waals surface area contributed by atoms with Crippen LogP contribution in [0.25, 0.3) is 0 Å². The number of hydrogen-bond acceptors (Lipinski definition) is 1. The van der Waals surface area contributed by atoms with Crippen LogP contribution in [0.5, 0.6) is 0 Å². The molecule has 0 aliphatic heterocycles. The maximum Gasteiger partial charge on any atom is 0.129 e. The van der Waals surface area contributed by atoms with Gasteiger partial charge in [0, 0.05) is 23.2 Å². The lowest BCUT2D eigenvalue weighted by molar-refractivity contribution is 0.565. The largest absolute Gasteiger partial charge is 0.310 e. The van der Waals surface area contributed by atoms with Gasteiger partial charge >= 0.3 is 0 Å². The fourth-order valence-electron chi connectivity index (χ4n) is 2.09. The Hall–Kier alpha value is -0.600. The lowest BCUT2D eigenvalue weighted by Crippen LogP contribution is -2.18. The number of halogens is 2. The fraction of sp³-hybridized carbons (Fsp3) is 0.538. The molecule has 88 valence electrons. The van der Waals surface area contributed by atoms with Crippen LogP contribution in [0.4, 0.5) is 4.39 Å². The summed E-state index contributed by atoms with van der Waals surface area (Å²) >= 11 is 5.70. The normalized spacial score (nSPS) is 23.4. The molecule has 1 saturated carbocycles. The maximum absolute atomic E-state index is 13.4. The minimum atomic E-state index is -0.215. The van der Waals surface area contributed by atoms with E-state index in [1.807, 2.05) is 0 Å². The zero-order valence-corrected chi connectivity index (χ0v) is 10.2. The van der Waals surface area contributed by atoms with Crippen LogP contribution in [0.3, 0.4) is 0 Å². The Morgan fingerprint density at radius 3 is 3.00 bits per heavy atom. The first-order valence-electron chi connectivity index (χ1n) is 5.88. The summed E-state index contributed by atoms with van der Waals surface area (Å²) in [5, 5.41) is 3.84. The average Bonchev–Trinajstić information content (AvgIpc) is 2.96. The molecule has 2 unspecified atom stereocenters. The average molecular weight is 242 g/mol. The van der Waals surface area contributed by atoms with Crippen LogP contribution < -0.4 is 5.32 Å². The summed E-state index contributed by atoms with van der Waals surface area (Å²) in [4.78, 5) is 0. The van der Waals surface area contributed by atoms with Gasteiger partial charge in [0.05, 0.1) is 0 Å². The second-order valence-corrected chi connectivity index (χ2v) is 4.94. The highest BCUT2D eigenvalue weighted by Crippen LogP contribution is 2.34. The minimum absolute atomic E-state index is 0.215. The Morgan fingerprint density at radius 2 is 2.31 bits per heavy atom. The van der Waals surface area contributed by atoms with Gasteiger partial charge in [0.2, 0.25) is 0 Å². The van der Waals surface area contributed by atoms with Gasteiger partial charge in [0.25, 0.3) is 0 Å². The van der Waals surface area contributed by atoms with E-state index < -0.39 is 0 Å². The van der Waals surface area contributed by atoms with Gasteiger partial charge in [-0.25, -0.2) is 4.39 Å². The number of nitrogens with one attached hydrogen (secondary N) is 1. The van der Waals surface area contributed by atoms with Crippen molar-refractivity contribution in [3.8, 4) is 0 Å². The quantitative estimate of drug-likeness (QED) is 0.828. The summed E-state index contributed by atoms with van der Waals surface area (Å²) in [6.45, 7) is 2.81. The molecule has 2 rings (SSSR count). The van der Waals surface area contributed by atoms with E-state index >= 15 is 0 Å². The molecule has 1 fully saturated rings. The van der Waals surface area contributed by atoms with Crippen LogP contribution in [-0.2, 0) is 6.54 Å². The van der Waals surface area contributed by atoms with Crippen LogP contribution in [0.1, 0.15) is 31.7 Å². The number of hydrogen-bond donors (Lipinski definition) is 1. The lowest BCUT2D eigenvalue weighted by atomic mass is 10.2. The monoisotopic (exact) mass is 241 g/mol. The fourth-order valence-corrected chi connectivity index (χ4v) is 2.25. The van der Waals surface area contributed by atoms with E-state index in [9.17, 15) is 4.39 Å². The first kappa shape index (κ1) is 11.9. The van der Waals surface area contributed by atoms with E-state index in [1.54, 1.807) is 12.1 Å². The van der Waals surface area contributed by atoms with Gasteiger partial charge in [-0.15, -0.1) is 0 Å². The van der Waals surface area contributed by atoms with Gasteiger partial charge in [-0.1, -0.05) is 31.0 Å². The third-order valence-electron chi connectivity index (χ3n) is 3.15. The molecule has 0 radical (unpaired) electrons. The van der Waals surface area contributed by atoms with Gasteiger partial charge in [-0.3, -0.25) is 0 Å². The molecule has 16 heavy (non-hydrogen) atoms. The van der Waals surface area contributed by atoms with Crippen molar-refractivity contribution in [2.24, 2.45) is 5.92 Å². The van der Waals surface area contributed by atoms with Crippen molar-refractivity contribution in [1.29, 1.82) is 0 Å². The molecule has 1 N–H and O–H groups in total. The van der Waals surface area contributed by atoms with E-state index in [0.29, 0.717) is 23.2 Å². The highest BCUT2D eigenvalue weighted by atomic mass is 35.5. The SMILES string of the molecule is CCCC1CC1NCc1ccc(Cl)cc1F. The standard InChI is InChI=1S/C13H17ClFN/c1-2-3-9-6-13(9)16-8-10-4-5-11(14)7-12(10)15/h4-5,7,9,13,16H,2-3,6,8H2,1H3. The molecule has 0 amide bonds. The van der Waals surface area contributed by atoms with Gasteiger partial charge in [-0.05, 0) is 30.9 Å². The van der Waals surface area contributed by atoms with Crippen LogP contribution in [0.15, 0.2) is 18.2 Å². The first-order valence-corrected chi connectivity index (χ1v) is 6.25. The van der Waals surface area contributed by atoms with Crippen molar-refractivity contribution in [2.45, 2.75) is 38.8 Å². The Kier molecular flexibility index (Phi) is 3.82. The third-order valence-corrected chi connectivity index (χ3v) is 3.39. The minimum Gasteiger partial charge on any atom is -0.310 e. The third kappa shape index (κ3) is 2.96. The van der Waals surface area contributed by atoms with Gasteiger partial charge in [0.1, 0.15) is 5.82 Å². The Labute approximate surface area is 101 Å². The predicted octanol–water partition coefficient (Wildman–Crippen LogP) is 3.76. The van der Waals surface area contributed by atoms with E-state index in [2.05, 4.69) is 12.2 Å². The van der Waals surface area contributed by atoms with Crippen LogP contribution >= 0.6 is 11.6 Å². The Balaban J connectivity index is 1.82. The lowest BCUT2D eigenvalue weighted by Gasteiger charge is -2.05. The molecule has 0 aromatic heterocycles. The van der Waals surface area contributed by atoms with E-state index in [0.717, 1.165) is 5.92 Å². The maximum atomic E-state index is 13.4. The highest BCUT2D eigenvalue weighted by molar-refractivity contribution is 6.30. The highest BCUT2D eigenvalue weighted by Gasteiger charge is 2.35. The van der Waals surface area contributed by atoms with Crippen LogP contribution in [-0.4, -0.2) is 6.04 Å². The summed E-state index contributed by atoms with van der Waals surface area (Å²) in [5.74, 6) is 0.591. The van der Waals surface area contributed by atoms with Crippen molar-refractivity contribution in [2.75, 3.05) is 0 Å².